The maximum absolute atomic E-state index is 12.2. The van der Waals surface area contributed by atoms with Gasteiger partial charge in [-0.1, -0.05) is 18.2 Å². The van der Waals surface area contributed by atoms with Crippen molar-refractivity contribution in [2.75, 3.05) is 5.32 Å². The third-order valence-electron chi connectivity index (χ3n) is 3.18. The number of aliphatic carboxylic acids is 1. The maximum Gasteiger partial charge on any atom is 0.307 e. The normalized spacial score (nSPS) is 21.9. The van der Waals surface area contributed by atoms with Crippen LogP contribution in [0.25, 0.3) is 0 Å². The first-order valence-electron chi connectivity index (χ1n) is 6.02. The Kier molecular flexibility index (Phi) is 4.57. The van der Waals surface area contributed by atoms with Crippen LogP contribution in [0.4, 0.5) is 5.69 Å². The highest BCUT2D eigenvalue weighted by atomic mass is 127. The molecule has 2 unspecified atom stereocenters. The molecule has 0 aliphatic heterocycles. The summed E-state index contributed by atoms with van der Waals surface area (Å²) >= 11 is 2.16. The van der Waals surface area contributed by atoms with E-state index in [4.69, 9.17) is 5.11 Å². The lowest BCUT2D eigenvalue weighted by molar-refractivity contribution is -0.146. The number of rotatable bonds is 3. The van der Waals surface area contributed by atoms with E-state index in [2.05, 4.69) is 27.9 Å². The number of benzene rings is 1. The standard InChI is InChI=1S/C14H14INO3/c15-9-4-3-5-10(8-9)16-13(17)11-6-1-2-7-12(11)14(18)19/h1-5,8,11-12H,6-7H2,(H,16,17)(H,18,19). The van der Waals surface area contributed by atoms with Gasteiger partial charge < -0.3 is 10.4 Å². The molecule has 0 spiro atoms. The fourth-order valence-electron chi connectivity index (χ4n) is 2.18. The Hall–Kier alpha value is -1.37. The van der Waals surface area contributed by atoms with Gasteiger partial charge in [-0.05, 0) is 53.6 Å². The summed E-state index contributed by atoms with van der Waals surface area (Å²) < 4.78 is 1.02. The fraction of sp³-hybridized carbons (Fsp3) is 0.286. The van der Waals surface area contributed by atoms with E-state index in [1.165, 1.54) is 0 Å². The van der Waals surface area contributed by atoms with E-state index < -0.39 is 17.8 Å². The molecule has 2 N–H and O–H groups in total. The summed E-state index contributed by atoms with van der Waals surface area (Å²) in [6.07, 6.45) is 4.60. The number of allylic oxidation sites excluding steroid dienone is 2. The molecule has 0 heterocycles. The number of hydrogen-bond donors (Lipinski definition) is 2. The van der Waals surface area contributed by atoms with Crippen LogP contribution in [0.15, 0.2) is 36.4 Å². The number of carboxylic acids is 1. The Bertz CT molecular complexity index is 527. The van der Waals surface area contributed by atoms with E-state index in [0.717, 1.165) is 3.57 Å². The smallest absolute Gasteiger partial charge is 0.307 e. The average Bonchev–Trinajstić information content (AvgIpc) is 2.38. The van der Waals surface area contributed by atoms with Crippen LogP contribution in [0.1, 0.15) is 12.8 Å². The lowest BCUT2D eigenvalue weighted by atomic mass is 9.82. The molecule has 1 amide bonds. The summed E-state index contributed by atoms with van der Waals surface area (Å²) in [7, 11) is 0. The number of nitrogens with one attached hydrogen (secondary N) is 1. The molecule has 19 heavy (non-hydrogen) atoms. The van der Waals surface area contributed by atoms with Crippen molar-refractivity contribution in [3.63, 3.8) is 0 Å². The maximum atomic E-state index is 12.2. The zero-order valence-corrected chi connectivity index (χ0v) is 12.3. The molecule has 1 aromatic rings. The molecular formula is C14H14INO3. The number of halogens is 1. The summed E-state index contributed by atoms with van der Waals surface area (Å²) in [5, 5.41) is 11.9. The van der Waals surface area contributed by atoms with Gasteiger partial charge in [-0.2, -0.15) is 0 Å². The van der Waals surface area contributed by atoms with Crippen LogP contribution in [0, 0.1) is 15.4 Å². The lowest BCUT2D eigenvalue weighted by Crippen LogP contribution is -2.34. The minimum absolute atomic E-state index is 0.223. The molecule has 0 bridgehead atoms. The van der Waals surface area contributed by atoms with Crippen LogP contribution < -0.4 is 5.32 Å². The summed E-state index contributed by atoms with van der Waals surface area (Å²) in [6.45, 7) is 0. The molecule has 4 nitrogen and oxygen atoms in total. The Morgan fingerprint density at radius 3 is 2.53 bits per heavy atom. The van der Waals surface area contributed by atoms with Gasteiger partial charge in [-0.15, -0.1) is 0 Å². The number of hydrogen-bond acceptors (Lipinski definition) is 2. The molecule has 0 fully saturated rings. The molecule has 2 atom stereocenters. The van der Waals surface area contributed by atoms with Crippen molar-refractivity contribution in [3.8, 4) is 0 Å². The minimum atomic E-state index is -0.910. The van der Waals surface area contributed by atoms with Crippen molar-refractivity contribution < 1.29 is 14.7 Å². The van der Waals surface area contributed by atoms with E-state index in [1.54, 1.807) is 6.07 Å². The largest absolute Gasteiger partial charge is 0.481 e. The monoisotopic (exact) mass is 371 g/mol. The van der Waals surface area contributed by atoms with Crippen molar-refractivity contribution >= 4 is 40.2 Å². The van der Waals surface area contributed by atoms with Crippen LogP contribution in [-0.2, 0) is 9.59 Å². The Morgan fingerprint density at radius 2 is 1.89 bits per heavy atom. The zero-order chi connectivity index (χ0) is 13.8. The Morgan fingerprint density at radius 1 is 1.21 bits per heavy atom. The highest BCUT2D eigenvalue weighted by Crippen LogP contribution is 2.27. The van der Waals surface area contributed by atoms with Crippen LogP contribution in [0.2, 0.25) is 0 Å². The summed E-state index contributed by atoms with van der Waals surface area (Å²) in [4.78, 5) is 23.3. The van der Waals surface area contributed by atoms with Gasteiger partial charge in [0.25, 0.3) is 0 Å². The molecule has 5 heteroatoms. The Balaban J connectivity index is 2.10. The molecule has 1 aromatic carbocycles. The highest BCUT2D eigenvalue weighted by molar-refractivity contribution is 14.1. The first-order chi connectivity index (χ1) is 9.08. The van der Waals surface area contributed by atoms with Gasteiger partial charge in [-0.3, -0.25) is 9.59 Å². The molecule has 0 aromatic heterocycles. The van der Waals surface area contributed by atoms with Crippen LogP contribution in [0.3, 0.4) is 0 Å². The minimum Gasteiger partial charge on any atom is -0.481 e. The second-order valence-electron chi connectivity index (χ2n) is 4.49. The highest BCUT2D eigenvalue weighted by Gasteiger charge is 2.33. The lowest BCUT2D eigenvalue weighted by Gasteiger charge is -2.24. The van der Waals surface area contributed by atoms with Crippen LogP contribution in [-0.4, -0.2) is 17.0 Å². The van der Waals surface area contributed by atoms with Crippen LogP contribution in [0.5, 0.6) is 0 Å². The third-order valence-corrected chi connectivity index (χ3v) is 3.85. The van der Waals surface area contributed by atoms with Gasteiger partial charge in [0.15, 0.2) is 0 Å². The molecule has 0 saturated heterocycles. The first kappa shape index (κ1) is 14.0. The van der Waals surface area contributed by atoms with E-state index in [-0.39, 0.29) is 5.91 Å². The summed E-state index contributed by atoms with van der Waals surface area (Å²) in [5.74, 6) is -2.26. The second-order valence-corrected chi connectivity index (χ2v) is 5.74. The molecule has 100 valence electrons. The van der Waals surface area contributed by atoms with Gasteiger partial charge in [0.1, 0.15) is 0 Å². The van der Waals surface area contributed by atoms with Gasteiger partial charge in [0.2, 0.25) is 5.91 Å². The van der Waals surface area contributed by atoms with E-state index >= 15 is 0 Å². The van der Waals surface area contributed by atoms with E-state index in [0.29, 0.717) is 18.5 Å². The van der Waals surface area contributed by atoms with Gasteiger partial charge in [0, 0.05) is 9.26 Å². The van der Waals surface area contributed by atoms with Crippen molar-refractivity contribution in [1.29, 1.82) is 0 Å². The summed E-state index contributed by atoms with van der Waals surface area (Å²) in [6, 6.07) is 7.44. The second kappa shape index (κ2) is 6.18. The third kappa shape index (κ3) is 3.56. The van der Waals surface area contributed by atoms with Gasteiger partial charge in [-0.25, -0.2) is 0 Å². The summed E-state index contributed by atoms with van der Waals surface area (Å²) in [5.41, 5.74) is 0.704. The zero-order valence-electron chi connectivity index (χ0n) is 10.2. The van der Waals surface area contributed by atoms with Crippen molar-refractivity contribution in [1.82, 2.24) is 0 Å². The molecule has 2 rings (SSSR count). The number of carbonyl (C=O) groups is 2. The van der Waals surface area contributed by atoms with Gasteiger partial charge >= 0.3 is 5.97 Å². The fourth-order valence-corrected chi connectivity index (χ4v) is 2.72. The number of amides is 1. The predicted molar refractivity (Wildman–Crippen MR) is 80.8 cm³/mol. The molecule has 1 aliphatic carbocycles. The number of carbonyl (C=O) groups excluding carboxylic acids is 1. The predicted octanol–water partition coefficient (Wildman–Crippen LogP) is 2.90. The van der Waals surface area contributed by atoms with Crippen LogP contribution >= 0.6 is 22.6 Å². The molecular weight excluding hydrogens is 357 g/mol. The molecule has 1 aliphatic rings. The quantitative estimate of drug-likeness (QED) is 0.634. The van der Waals surface area contributed by atoms with Gasteiger partial charge in [0.05, 0.1) is 11.8 Å². The molecule has 0 radical (unpaired) electrons. The van der Waals surface area contributed by atoms with Crippen molar-refractivity contribution in [3.05, 3.63) is 40.0 Å². The average molecular weight is 371 g/mol. The SMILES string of the molecule is O=C(O)C1CC=CCC1C(=O)Nc1cccc(I)c1. The number of carboxylic acid groups (broad SMARTS) is 1. The Labute approximate surface area is 125 Å². The number of anilines is 1. The molecule has 0 saturated carbocycles. The first-order valence-corrected chi connectivity index (χ1v) is 7.10. The van der Waals surface area contributed by atoms with E-state index in [9.17, 15) is 9.59 Å². The van der Waals surface area contributed by atoms with Crippen molar-refractivity contribution in [2.24, 2.45) is 11.8 Å². The van der Waals surface area contributed by atoms with E-state index in [1.807, 2.05) is 30.4 Å². The van der Waals surface area contributed by atoms with Crippen molar-refractivity contribution in [2.45, 2.75) is 12.8 Å². The topological polar surface area (TPSA) is 66.4 Å².